The maximum absolute atomic E-state index is 11.4. The minimum Gasteiger partial charge on any atom is -0.412 e. The van der Waals surface area contributed by atoms with Gasteiger partial charge in [-0.2, -0.15) is 10.2 Å². The summed E-state index contributed by atoms with van der Waals surface area (Å²) in [5.74, 6) is 0. The zero-order valence-corrected chi connectivity index (χ0v) is 13.8. The number of fused-ring (bicyclic) bond motifs is 5. The SMILES string of the molecule is O.O=[N+]([O-])c1cc2c(c([N+](=O)[O-])c1)N1Nc3cc([N+](=O)[O-])cc([N+](=O)[O-])c3N1N2. The highest BCUT2D eigenvalue weighted by Crippen LogP contribution is 2.52. The molecule has 0 atom stereocenters. The molecular weight excluding hydrogens is 400 g/mol. The van der Waals surface area contributed by atoms with E-state index in [0.717, 1.165) is 34.5 Å². The number of nitrogens with one attached hydrogen (secondary N) is 2. The Bertz CT molecular complexity index is 1030. The predicted molar refractivity (Wildman–Crippen MR) is 95.3 cm³/mol. The van der Waals surface area contributed by atoms with Crippen LogP contribution in [-0.2, 0) is 0 Å². The molecule has 0 fully saturated rings. The minimum atomic E-state index is -0.849. The first-order valence-electron chi connectivity index (χ1n) is 7.26. The molecule has 2 aliphatic rings. The molecule has 0 aromatic heterocycles. The molecule has 0 amide bonds. The Labute approximate surface area is 157 Å². The number of nitro groups is 4. The zero-order valence-electron chi connectivity index (χ0n) is 13.8. The van der Waals surface area contributed by atoms with Gasteiger partial charge in [0.25, 0.3) is 11.4 Å². The normalized spacial score (nSPS) is 12.7. The maximum atomic E-state index is 11.4. The number of benzene rings is 2. The highest BCUT2D eigenvalue weighted by atomic mass is 16.6. The number of nitro benzene ring substituents is 4. The molecule has 29 heavy (non-hydrogen) atoms. The molecule has 0 unspecified atom stereocenters. The second-order valence-corrected chi connectivity index (χ2v) is 5.60. The van der Waals surface area contributed by atoms with Crippen LogP contribution in [0.15, 0.2) is 24.3 Å². The average molecular weight is 408 g/mol. The van der Waals surface area contributed by atoms with Crippen molar-refractivity contribution in [2.24, 2.45) is 0 Å². The Morgan fingerprint density at radius 2 is 0.966 bits per heavy atom. The maximum Gasteiger partial charge on any atom is 0.305 e. The van der Waals surface area contributed by atoms with Crippen LogP contribution in [0.2, 0.25) is 0 Å². The van der Waals surface area contributed by atoms with Gasteiger partial charge in [-0.25, -0.2) is 0 Å². The molecule has 0 saturated heterocycles. The highest BCUT2D eigenvalue weighted by Gasteiger charge is 2.45. The van der Waals surface area contributed by atoms with Gasteiger partial charge in [0, 0.05) is 12.1 Å². The van der Waals surface area contributed by atoms with Crippen molar-refractivity contribution in [3.8, 4) is 0 Å². The van der Waals surface area contributed by atoms with Gasteiger partial charge in [-0.15, -0.1) is 0 Å². The van der Waals surface area contributed by atoms with Gasteiger partial charge in [-0.05, 0) is 0 Å². The lowest BCUT2D eigenvalue weighted by atomic mass is 10.2. The fourth-order valence-corrected chi connectivity index (χ4v) is 2.95. The lowest BCUT2D eigenvalue weighted by molar-refractivity contribution is -0.393. The van der Waals surface area contributed by atoms with E-state index in [1.807, 2.05) is 0 Å². The summed E-state index contributed by atoms with van der Waals surface area (Å²) in [5, 5.41) is 46.9. The molecule has 4 N–H and O–H groups in total. The summed E-state index contributed by atoms with van der Waals surface area (Å²) in [7, 11) is 0. The summed E-state index contributed by atoms with van der Waals surface area (Å²) in [6.07, 6.45) is 0. The van der Waals surface area contributed by atoms with Crippen molar-refractivity contribution in [1.29, 1.82) is 0 Å². The van der Waals surface area contributed by atoms with Crippen LogP contribution in [0.25, 0.3) is 0 Å². The van der Waals surface area contributed by atoms with Crippen LogP contribution in [0.4, 0.5) is 45.5 Å². The van der Waals surface area contributed by atoms with Crippen molar-refractivity contribution in [2.45, 2.75) is 0 Å². The van der Waals surface area contributed by atoms with Crippen LogP contribution in [0, 0.1) is 40.5 Å². The highest BCUT2D eigenvalue weighted by molar-refractivity contribution is 5.99. The van der Waals surface area contributed by atoms with E-state index in [2.05, 4.69) is 10.9 Å². The lowest BCUT2D eigenvalue weighted by Crippen LogP contribution is -2.40. The van der Waals surface area contributed by atoms with Gasteiger partial charge in [0.2, 0.25) is 0 Å². The van der Waals surface area contributed by atoms with E-state index in [1.54, 1.807) is 0 Å². The van der Waals surface area contributed by atoms with Gasteiger partial charge in [0.05, 0.1) is 43.2 Å². The van der Waals surface area contributed by atoms with Crippen LogP contribution in [0.3, 0.4) is 0 Å². The molecule has 0 saturated carbocycles. The lowest BCUT2D eigenvalue weighted by Gasteiger charge is -2.20. The average Bonchev–Trinajstić information content (AvgIpc) is 3.14. The largest absolute Gasteiger partial charge is 0.412 e. The molecule has 4 rings (SSSR count). The second kappa shape index (κ2) is 6.13. The summed E-state index contributed by atoms with van der Waals surface area (Å²) >= 11 is 0. The molecule has 17 heteroatoms. The number of hydrogen-bond donors (Lipinski definition) is 2. The molecule has 2 aromatic carbocycles. The van der Waals surface area contributed by atoms with Crippen molar-refractivity contribution >= 4 is 45.5 Å². The molecule has 0 bridgehead atoms. The first-order valence-corrected chi connectivity index (χ1v) is 7.26. The first kappa shape index (κ1) is 19.0. The van der Waals surface area contributed by atoms with Crippen molar-refractivity contribution in [1.82, 2.24) is 0 Å². The fourth-order valence-electron chi connectivity index (χ4n) is 2.95. The molecule has 2 aromatic rings. The number of hydrogen-bond acceptors (Lipinski definition) is 12. The fraction of sp³-hybridized carbons (Fsp3) is 0. The molecule has 2 aliphatic heterocycles. The number of non-ortho nitro benzene ring substituents is 2. The summed E-state index contributed by atoms with van der Waals surface area (Å²) in [4.78, 5) is 41.5. The summed E-state index contributed by atoms with van der Waals surface area (Å²) in [6.45, 7) is 0. The minimum absolute atomic E-state index is 0. The number of nitrogens with zero attached hydrogens (tertiary/aromatic N) is 6. The van der Waals surface area contributed by atoms with E-state index in [4.69, 9.17) is 0 Å². The predicted octanol–water partition coefficient (Wildman–Crippen LogP) is 1.40. The van der Waals surface area contributed by atoms with Gasteiger partial charge in [-0.3, -0.25) is 51.3 Å². The standard InChI is InChI=1S/C12H6N8O8.H2O/c21-17(22)5-1-7-11(9(3-5)19(25)26)15-14-8-2-6(18(23)24)4-10(20(27)28)12(8)16(15)13-7;/h1-4,13-14H;1H2. The van der Waals surface area contributed by atoms with Gasteiger partial charge in [-0.1, -0.05) is 0 Å². The smallest absolute Gasteiger partial charge is 0.305 e. The van der Waals surface area contributed by atoms with Crippen molar-refractivity contribution in [3.63, 3.8) is 0 Å². The Morgan fingerprint density at radius 1 is 0.621 bits per heavy atom. The van der Waals surface area contributed by atoms with Crippen LogP contribution in [0.1, 0.15) is 0 Å². The third-order valence-electron chi connectivity index (χ3n) is 4.04. The Kier molecular flexibility index (Phi) is 4.01. The molecule has 0 radical (unpaired) electrons. The number of anilines is 4. The van der Waals surface area contributed by atoms with E-state index in [9.17, 15) is 40.5 Å². The monoisotopic (exact) mass is 408 g/mol. The Hall–Kier alpha value is -4.80. The van der Waals surface area contributed by atoms with Crippen LogP contribution >= 0.6 is 0 Å². The van der Waals surface area contributed by atoms with E-state index in [-0.39, 0.29) is 28.2 Å². The third-order valence-corrected chi connectivity index (χ3v) is 4.04. The summed E-state index contributed by atoms with van der Waals surface area (Å²) < 4.78 is 0. The molecule has 150 valence electrons. The van der Waals surface area contributed by atoms with Gasteiger partial charge < -0.3 is 5.48 Å². The molecule has 0 aliphatic carbocycles. The first-order chi connectivity index (χ1) is 13.2. The van der Waals surface area contributed by atoms with E-state index in [1.165, 1.54) is 0 Å². The van der Waals surface area contributed by atoms with Gasteiger partial charge in [0.15, 0.2) is 11.4 Å². The summed E-state index contributed by atoms with van der Waals surface area (Å²) in [6, 6.07) is 3.54. The Balaban J connectivity index is 0.00000240. The van der Waals surface area contributed by atoms with Crippen molar-refractivity contribution < 1.29 is 25.2 Å². The third kappa shape index (κ3) is 2.61. The number of hydrazine groups is 3. The molecular formula is C12H8N8O9. The summed E-state index contributed by atoms with van der Waals surface area (Å²) in [5.41, 5.74) is 2.41. The molecule has 2 heterocycles. The van der Waals surface area contributed by atoms with Crippen LogP contribution in [0.5, 0.6) is 0 Å². The van der Waals surface area contributed by atoms with E-state index < -0.39 is 42.4 Å². The van der Waals surface area contributed by atoms with Crippen LogP contribution < -0.4 is 21.1 Å². The molecule has 17 nitrogen and oxygen atoms in total. The quantitative estimate of drug-likeness (QED) is 0.539. The van der Waals surface area contributed by atoms with Crippen molar-refractivity contribution in [3.05, 3.63) is 64.7 Å². The van der Waals surface area contributed by atoms with E-state index in [0.29, 0.717) is 0 Å². The second-order valence-electron chi connectivity index (χ2n) is 5.60. The zero-order chi connectivity index (χ0) is 20.3. The van der Waals surface area contributed by atoms with Gasteiger partial charge >= 0.3 is 11.4 Å². The number of rotatable bonds is 4. The topological polar surface area (TPSA) is 235 Å². The van der Waals surface area contributed by atoms with E-state index >= 15 is 0 Å². The molecule has 0 spiro atoms. The van der Waals surface area contributed by atoms with Crippen molar-refractivity contribution in [2.75, 3.05) is 21.1 Å². The van der Waals surface area contributed by atoms with Gasteiger partial charge in [0.1, 0.15) is 0 Å². The Morgan fingerprint density at radius 3 is 1.24 bits per heavy atom. The van der Waals surface area contributed by atoms with Crippen LogP contribution in [-0.4, -0.2) is 25.2 Å².